The molecule has 0 fully saturated rings. The van der Waals surface area contributed by atoms with E-state index in [1.54, 1.807) is 55.6 Å². The van der Waals surface area contributed by atoms with E-state index in [1.165, 1.54) is 6.07 Å². The lowest BCUT2D eigenvalue weighted by Gasteiger charge is -2.16. The number of hydrogen-bond acceptors (Lipinski definition) is 6. The predicted molar refractivity (Wildman–Crippen MR) is 103 cm³/mol. The maximum atomic E-state index is 13.5. The monoisotopic (exact) mass is 383 g/mol. The highest BCUT2D eigenvalue weighted by Gasteiger charge is 2.18. The van der Waals surface area contributed by atoms with Gasteiger partial charge in [-0.25, -0.2) is 15.0 Å². The van der Waals surface area contributed by atoms with Crippen molar-refractivity contribution in [3.05, 3.63) is 59.6 Å². The maximum Gasteiger partial charge on any atom is 0.213 e. The summed E-state index contributed by atoms with van der Waals surface area (Å²) in [5.74, 6) is -0.0611. The van der Waals surface area contributed by atoms with Crippen LogP contribution in [0.2, 0.25) is 0 Å². The SMILES string of the molecule is C/C=N/N=c1/c(C(O)CC)c(Cn2ccnc2-c2cccc(F)n2)ncn1C. The quantitative estimate of drug-likeness (QED) is 0.401. The molecule has 0 bridgehead atoms. The predicted octanol–water partition coefficient (Wildman–Crippen LogP) is 2.22. The Morgan fingerprint density at radius 3 is 2.86 bits per heavy atom. The fraction of sp³-hybridized carbons (Fsp3) is 0.316. The molecule has 1 atom stereocenters. The number of aromatic nitrogens is 5. The highest BCUT2D eigenvalue weighted by molar-refractivity contribution is 5.52. The first-order valence-electron chi connectivity index (χ1n) is 8.93. The Labute approximate surface area is 161 Å². The van der Waals surface area contributed by atoms with Gasteiger partial charge in [0.25, 0.3) is 0 Å². The zero-order valence-electron chi connectivity index (χ0n) is 16.0. The summed E-state index contributed by atoms with van der Waals surface area (Å²) in [6.45, 7) is 3.97. The molecule has 3 rings (SSSR count). The summed E-state index contributed by atoms with van der Waals surface area (Å²) in [7, 11) is 1.80. The molecule has 0 aliphatic rings. The van der Waals surface area contributed by atoms with Gasteiger partial charge in [-0.2, -0.15) is 9.49 Å². The van der Waals surface area contributed by atoms with E-state index in [0.717, 1.165) is 0 Å². The van der Waals surface area contributed by atoms with E-state index in [2.05, 4.69) is 25.2 Å². The van der Waals surface area contributed by atoms with Gasteiger partial charge in [0.05, 0.1) is 24.7 Å². The van der Waals surface area contributed by atoms with Crippen molar-refractivity contribution in [2.45, 2.75) is 32.9 Å². The minimum Gasteiger partial charge on any atom is -0.388 e. The normalized spacial score (nSPS) is 13.4. The third-order valence-electron chi connectivity index (χ3n) is 4.24. The Bertz CT molecular complexity index is 1050. The lowest BCUT2D eigenvalue weighted by Crippen LogP contribution is -2.28. The van der Waals surface area contributed by atoms with Crippen molar-refractivity contribution in [2.75, 3.05) is 0 Å². The molecule has 8 nitrogen and oxygen atoms in total. The molecule has 3 aromatic rings. The van der Waals surface area contributed by atoms with Crippen LogP contribution in [0.4, 0.5) is 4.39 Å². The van der Waals surface area contributed by atoms with Crippen LogP contribution < -0.4 is 5.49 Å². The Kier molecular flexibility index (Phi) is 6.05. The van der Waals surface area contributed by atoms with Crippen LogP contribution in [0.1, 0.15) is 37.6 Å². The van der Waals surface area contributed by atoms with Gasteiger partial charge < -0.3 is 14.2 Å². The largest absolute Gasteiger partial charge is 0.388 e. The average molecular weight is 383 g/mol. The standard InChI is InChI=1S/C19H22FN7O/c1-4-15(28)17-14(22-12-26(3)19(17)25-23-5-2)11-27-10-9-21-18(27)13-7-6-8-16(20)24-13/h5-10,12,15,28H,4,11H2,1-3H3/b23-5+,25-19-. The van der Waals surface area contributed by atoms with Crippen LogP contribution in [0.25, 0.3) is 11.5 Å². The summed E-state index contributed by atoms with van der Waals surface area (Å²) in [6.07, 6.45) is 6.33. The van der Waals surface area contributed by atoms with Crippen molar-refractivity contribution in [1.29, 1.82) is 0 Å². The van der Waals surface area contributed by atoms with E-state index in [4.69, 9.17) is 0 Å². The van der Waals surface area contributed by atoms with E-state index in [0.29, 0.717) is 41.2 Å². The highest BCUT2D eigenvalue weighted by atomic mass is 19.1. The van der Waals surface area contributed by atoms with Crippen molar-refractivity contribution in [1.82, 2.24) is 24.1 Å². The van der Waals surface area contributed by atoms with Gasteiger partial charge >= 0.3 is 0 Å². The van der Waals surface area contributed by atoms with Gasteiger partial charge in [-0.3, -0.25) is 0 Å². The van der Waals surface area contributed by atoms with Crippen LogP contribution in [-0.4, -0.2) is 35.4 Å². The van der Waals surface area contributed by atoms with Crippen LogP contribution in [0, 0.1) is 5.95 Å². The van der Waals surface area contributed by atoms with E-state index in [1.807, 2.05) is 11.5 Å². The summed E-state index contributed by atoms with van der Waals surface area (Å²) in [4.78, 5) is 12.7. The molecule has 0 radical (unpaired) electrons. The lowest BCUT2D eigenvalue weighted by molar-refractivity contribution is 0.169. The molecule has 0 aromatic carbocycles. The Balaban J connectivity index is 2.11. The Morgan fingerprint density at radius 2 is 2.14 bits per heavy atom. The molecular formula is C19H22FN7O. The van der Waals surface area contributed by atoms with E-state index in [-0.39, 0.29) is 0 Å². The number of imidazole rings is 1. The molecule has 1 N–H and O–H groups in total. The zero-order valence-corrected chi connectivity index (χ0v) is 16.0. The molecule has 1 unspecified atom stereocenters. The second-order valence-electron chi connectivity index (χ2n) is 6.16. The smallest absolute Gasteiger partial charge is 0.213 e. The van der Waals surface area contributed by atoms with Crippen molar-refractivity contribution in [2.24, 2.45) is 17.3 Å². The first kappa shape index (κ1) is 19.6. The molecule has 0 amide bonds. The number of aliphatic hydroxyl groups is 1. The van der Waals surface area contributed by atoms with Gasteiger partial charge in [-0.05, 0) is 25.5 Å². The van der Waals surface area contributed by atoms with E-state index in [9.17, 15) is 9.50 Å². The van der Waals surface area contributed by atoms with Gasteiger partial charge in [0.2, 0.25) is 5.95 Å². The molecule has 0 spiro atoms. The number of aryl methyl sites for hydroxylation is 1. The molecule has 28 heavy (non-hydrogen) atoms. The fourth-order valence-electron chi connectivity index (χ4n) is 2.87. The summed E-state index contributed by atoms with van der Waals surface area (Å²) >= 11 is 0. The summed E-state index contributed by atoms with van der Waals surface area (Å²) in [5.41, 5.74) is 2.19. The van der Waals surface area contributed by atoms with Crippen LogP contribution in [0.5, 0.6) is 0 Å². The zero-order chi connectivity index (χ0) is 20.1. The van der Waals surface area contributed by atoms with Crippen molar-refractivity contribution >= 4 is 6.21 Å². The van der Waals surface area contributed by atoms with Crippen molar-refractivity contribution in [3.8, 4) is 11.5 Å². The molecule has 3 aromatic heterocycles. The lowest BCUT2D eigenvalue weighted by atomic mass is 10.1. The highest BCUT2D eigenvalue weighted by Crippen LogP contribution is 2.20. The number of rotatable bonds is 6. The molecule has 3 heterocycles. The molecule has 9 heteroatoms. The average Bonchev–Trinajstić information content (AvgIpc) is 3.15. The molecular weight excluding hydrogens is 361 g/mol. The van der Waals surface area contributed by atoms with Crippen molar-refractivity contribution < 1.29 is 9.50 Å². The van der Waals surface area contributed by atoms with Gasteiger partial charge in [-0.15, -0.1) is 5.10 Å². The van der Waals surface area contributed by atoms with E-state index < -0.39 is 12.1 Å². The Morgan fingerprint density at radius 1 is 1.32 bits per heavy atom. The number of hydrogen-bond donors (Lipinski definition) is 1. The Hall–Kier alpha value is -3.20. The maximum absolute atomic E-state index is 13.5. The van der Waals surface area contributed by atoms with Gasteiger partial charge in [-0.1, -0.05) is 13.0 Å². The van der Waals surface area contributed by atoms with Crippen LogP contribution in [0.15, 0.2) is 47.1 Å². The molecule has 0 aliphatic carbocycles. The molecule has 0 saturated heterocycles. The molecule has 0 saturated carbocycles. The summed E-state index contributed by atoms with van der Waals surface area (Å²) in [5, 5.41) is 18.8. The van der Waals surface area contributed by atoms with Crippen LogP contribution in [-0.2, 0) is 13.6 Å². The fourth-order valence-corrected chi connectivity index (χ4v) is 2.87. The van der Waals surface area contributed by atoms with Crippen LogP contribution >= 0.6 is 0 Å². The second kappa shape index (κ2) is 8.66. The summed E-state index contributed by atoms with van der Waals surface area (Å²) in [6, 6.07) is 4.57. The topological polar surface area (TPSA) is 93.5 Å². The first-order valence-corrected chi connectivity index (χ1v) is 8.93. The van der Waals surface area contributed by atoms with E-state index >= 15 is 0 Å². The molecule has 146 valence electrons. The number of halogens is 1. The second-order valence-corrected chi connectivity index (χ2v) is 6.16. The number of pyridine rings is 1. The number of aliphatic hydroxyl groups excluding tert-OH is 1. The third-order valence-corrected chi connectivity index (χ3v) is 4.24. The first-order chi connectivity index (χ1) is 13.5. The third kappa shape index (κ3) is 4.04. The minimum atomic E-state index is -0.750. The molecule has 0 aliphatic heterocycles. The minimum absolute atomic E-state index is 0.319. The van der Waals surface area contributed by atoms with Gasteiger partial charge in [0.15, 0.2) is 11.3 Å². The van der Waals surface area contributed by atoms with Gasteiger partial charge in [0.1, 0.15) is 5.69 Å². The van der Waals surface area contributed by atoms with Crippen molar-refractivity contribution in [3.63, 3.8) is 0 Å². The van der Waals surface area contributed by atoms with Gasteiger partial charge in [0, 0.05) is 31.2 Å². The van der Waals surface area contributed by atoms with Crippen LogP contribution in [0.3, 0.4) is 0 Å². The summed E-state index contributed by atoms with van der Waals surface area (Å²) < 4.78 is 17.1. The number of nitrogens with zero attached hydrogens (tertiary/aromatic N) is 7.